The number of nitrogens with zero attached hydrogens (tertiary/aromatic N) is 1. The van der Waals surface area contributed by atoms with Gasteiger partial charge in [-0.15, -0.1) is 0 Å². The molecule has 0 saturated carbocycles. The molecule has 0 amide bonds. The minimum Gasteiger partial charge on any atom is -0.392 e. The van der Waals surface area contributed by atoms with Gasteiger partial charge in [0.25, 0.3) is 0 Å². The molecule has 2 N–H and O–H groups in total. The van der Waals surface area contributed by atoms with Crippen LogP contribution in [0.25, 0.3) is 0 Å². The summed E-state index contributed by atoms with van der Waals surface area (Å²) in [7, 11) is -3.27. The van der Waals surface area contributed by atoms with Gasteiger partial charge in [-0.3, -0.25) is 0 Å². The van der Waals surface area contributed by atoms with Crippen LogP contribution in [0.15, 0.2) is 0 Å². The van der Waals surface area contributed by atoms with E-state index in [1.54, 1.807) is 0 Å². The van der Waals surface area contributed by atoms with Gasteiger partial charge in [0.1, 0.15) is 0 Å². The summed E-state index contributed by atoms with van der Waals surface area (Å²) in [6.07, 6.45) is 0.756. The maximum atomic E-state index is 12.1. The van der Waals surface area contributed by atoms with Crippen LogP contribution in [0.4, 0.5) is 0 Å². The molecule has 0 aliphatic rings. The van der Waals surface area contributed by atoms with Crippen LogP contribution in [0.3, 0.4) is 0 Å². The van der Waals surface area contributed by atoms with Crippen molar-refractivity contribution in [2.75, 3.05) is 18.8 Å². The normalized spacial score (nSPS) is 13.1. The zero-order chi connectivity index (χ0) is 13.0. The molecule has 16 heavy (non-hydrogen) atoms. The summed E-state index contributed by atoms with van der Waals surface area (Å²) in [6, 6.07) is 0. The summed E-state index contributed by atoms with van der Waals surface area (Å²) in [4.78, 5) is 0.214. The van der Waals surface area contributed by atoms with Gasteiger partial charge in [-0.05, 0) is 11.8 Å². The molecule has 0 aliphatic carbocycles. The first-order valence-corrected chi connectivity index (χ1v) is 7.36. The van der Waals surface area contributed by atoms with E-state index in [0.29, 0.717) is 6.54 Å². The molecule has 0 fully saturated rings. The lowest BCUT2D eigenvalue weighted by atomic mass is 10.0. The second-order valence-electron chi connectivity index (χ2n) is 5.12. The highest BCUT2D eigenvalue weighted by atomic mass is 32.2. The maximum absolute atomic E-state index is 12.1. The molecule has 6 heteroatoms. The summed E-state index contributed by atoms with van der Waals surface area (Å²) in [5.74, 6) is 0.114. The van der Waals surface area contributed by atoms with E-state index in [2.05, 4.69) is 0 Å². The quantitative estimate of drug-likeness (QED) is 0.737. The fraction of sp³-hybridized carbons (Fsp3) is 0.900. The highest BCUT2D eigenvalue weighted by Gasteiger charge is 2.27. The van der Waals surface area contributed by atoms with E-state index in [1.165, 1.54) is 4.31 Å². The lowest BCUT2D eigenvalue weighted by Crippen LogP contribution is -2.41. The predicted molar refractivity (Wildman–Crippen MR) is 71.9 cm³/mol. The smallest absolute Gasteiger partial charge is 0.214 e. The highest BCUT2D eigenvalue weighted by Crippen LogP contribution is 2.18. The standard InChI is InChI=1S/C10H22N2O2S2/c1-5-6-12(7-9(11)15)16(13,14)8-10(2,3)4/h5-8H2,1-4H3,(H2,11,15). The first-order valence-electron chi connectivity index (χ1n) is 5.34. The average molecular weight is 266 g/mol. The van der Waals surface area contributed by atoms with Crippen molar-refractivity contribution >= 4 is 27.2 Å². The SMILES string of the molecule is CCCN(CC(N)=S)S(=O)(=O)CC(C)(C)C. The van der Waals surface area contributed by atoms with Gasteiger partial charge in [0.2, 0.25) is 10.0 Å². The molecule has 0 aromatic rings. The van der Waals surface area contributed by atoms with Gasteiger partial charge >= 0.3 is 0 Å². The van der Waals surface area contributed by atoms with Crippen molar-refractivity contribution in [3.05, 3.63) is 0 Å². The van der Waals surface area contributed by atoms with E-state index in [4.69, 9.17) is 18.0 Å². The van der Waals surface area contributed by atoms with Crippen LogP contribution >= 0.6 is 12.2 Å². The Balaban J connectivity index is 4.83. The third-order valence-corrected chi connectivity index (χ3v) is 4.27. The third-order valence-electron chi connectivity index (χ3n) is 1.81. The van der Waals surface area contributed by atoms with Crippen LogP contribution in [0.5, 0.6) is 0 Å². The molecule has 0 aliphatic heterocycles. The van der Waals surface area contributed by atoms with E-state index >= 15 is 0 Å². The van der Waals surface area contributed by atoms with Gasteiger partial charge in [0.05, 0.1) is 17.3 Å². The summed E-state index contributed by atoms with van der Waals surface area (Å²) in [5.41, 5.74) is 5.15. The van der Waals surface area contributed by atoms with Crippen molar-refractivity contribution < 1.29 is 8.42 Å². The average Bonchev–Trinajstić information content (AvgIpc) is 1.97. The van der Waals surface area contributed by atoms with Gasteiger partial charge in [-0.1, -0.05) is 39.9 Å². The number of hydrogen-bond acceptors (Lipinski definition) is 3. The van der Waals surface area contributed by atoms with Crippen molar-refractivity contribution in [3.63, 3.8) is 0 Å². The summed E-state index contributed by atoms with van der Waals surface area (Å²) >= 11 is 4.77. The highest BCUT2D eigenvalue weighted by molar-refractivity contribution is 7.89. The summed E-state index contributed by atoms with van der Waals surface area (Å²) < 4.78 is 25.5. The van der Waals surface area contributed by atoms with Crippen molar-refractivity contribution in [2.45, 2.75) is 34.1 Å². The Hall–Kier alpha value is -0.200. The monoisotopic (exact) mass is 266 g/mol. The zero-order valence-corrected chi connectivity index (χ0v) is 12.1. The molecular weight excluding hydrogens is 244 g/mol. The van der Waals surface area contributed by atoms with Crippen LogP contribution in [0.1, 0.15) is 34.1 Å². The van der Waals surface area contributed by atoms with E-state index < -0.39 is 10.0 Å². The van der Waals surface area contributed by atoms with Gasteiger partial charge in [0, 0.05) is 6.54 Å². The number of rotatable bonds is 6. The van der Waals surface area contributed by atoms with Crippen LogP contribution in [0, 0.1) is 5.41 Å². The lowest BCUT2D eigenvalue weighted by Gasteiger charge is -2.26. The van der Waals surface area contributed by atoms with E-state index in [0.717, 1.165) is 6.42 Å². The number of nitrogens with two attached hydrogens (primary N) is 1. The molecule has 0 heterocycles. The lowest BCUT2D eigenvalue weighted by molar-refractivity contribution is 0.412. The topological polar surface area (TPSA) is 63.4 Å². The molecule has 96 valence electrons. The Bertz CT molecular complexity index is 331. The second kappa shape index (κ2) is 5.93. The Kier molecular flexibility index (Phi) is 5.86. The molecule has 4 nitrogen and oxygen atoms in total. The van der Waals surface area contributed by atoms with Crippen LogP contribution in [-0.4, -0.2) is 36.6 Å². The van der Waals surface area contributed by atoms with Crippen LogP contribution in [-0.2, 0) is 10.0 Å². The number of thiocarbonyl (C=S) groups is 1. The van der Waals surface area contributed by atoms with Crippen LogP contribution in [0.2, 0.25) is 0 Å². The van der Waals surface area contributed by atoms with Crippen molar-refractivity contribution in [3.8, 4) is 0 Å². The molecule has 0 spiro atoms. The molecule has 0 radical (unpaired) electrons. The Morgan fingerprint density at radius 3 is 2.19 bits per heavy atom. The fourth-order valence-corrected chi connectivity index (χ4v) is 3.69. The largest absolute Gasteiger partial charge is 0.392 e. The van der Waals surface area contributed by atoms with E-state index in [1.807, 2.05) is 27.7 Å². The molecule has 0 aromatic carbocycles. The molecule has 0 rings (SSSR count). The van der Waals surface area contributed by atoms with Gasteiger partial charge in [-0.25, -0.2) is 8.42 Å². The van der Waals surface area contributed by atoms with Crippen molar-refractivity contribution in [1.29, 1.82) is 0 Å². The van der Waals surface area contributed by atoms with Crippen molar-refractivity contribution in [2.24, 2.45) is 11.1 Å². The molecule has 0 saturated heterocycles. The Labute approximate surface area is 104 Å². The molecule has 0 unspecified atom stereocenters. The molecule has 0 atom stereocenters. The molecular formula is C10H22N2O2S2. The van der Waals surface area contributed by atoms with Gasteiger partial charge in [-0.2, -0.15) is 4.31 Å². The van der Waals surface area contributed by atoms with E-state index in [9.17, 15) is 8.42 Å². The number of sulfonamides is 1. The van der Waals surface area contributed by atoms with E-state index in [-0.39, 0.29) is 22.7 Å². The first kappa shape index (κ1) is 15.8. The van der Waals surface area contributed by atoms with Gasteiger partial charge in [0.15, 0.2) is 0 Å². The second-order valence-corrected chi connectivity index (χ2v) is 7.61. The zero-order valence-electron chi connectivity index (χ0n) is 10.5. The minimum absolute atomic E-state index is 0.114. The molecule has 0 bridgehead atoms. The molecule has 0 aromatic heterocycles. The maximum Gasteiger partial charge on any atom is 0.214 e. The Morgan fingerprint density at radius 2 is 1.88 bits per heavy atom. The van der Waals surface area contributed by atoms with Crippen molar-refractivity contribution in [1.82, 2.24) is 4.31 Å². The minimum atomic E-state index is -3.27. The number of hydrogen-bond donors (Lipinski definition) is 1. The predicted octanol–water partition coefficient (Wildman–Crippen LogP) is 1.36. The van der Waals surface area contributed by atoms with Gasteiger partial charge < -0.3 is 5.73 Å². The Morgan fingerprint density at radius 1 is 1.38 bits per heavy atom. The fourth-order valence-electron chi connectivity index (χ4n) is 1.38. The summed E-state index contributed by atoms with van der Waals surface area (Å²) in [5, 5.41) is 0. The van der Waals surface area contributed by atoms with Crippen LogP contribution < -0.4 is 5.73 Å². The third kappa shape index (κ3) is 6.40. The summed E-state index contributed by atoms with van der Waals surface area (Å²) in [6.45, 7) is 8.23. The first-order chi connectivity index (χ1) is 7.08.